The van der Waals surface area contributed by atoms with Crippen molar-refractivity contribution in [1.29, 1.82) is 0 Å². The van der Waals surface area contributed by atoms with Gasteiger partial charge < -0.3 is 5.32 Å². The summed E-state index contributed by atoms with van der Waals surface area (Å²) < 4.78 is 1.09. The molecule has 0 amide bonds. The van der Waals surface area contributed by atoms with Crippen molar-refractivity contribution < 1.29 is 0 Å². The fraction of sp³-hybridized carbons (Fsp3) is 0.357. The van der Waals surface area contributed by atoms with E-state index in [1.165, 1.54) is 0 Å². The van der Waals surface area contributed by atoms with Gasteiger partial charge in [0, 0.05) is 12.7 Å². The van der Waals surface area contributed by atoms with Crippen LogP contribution >= 0.6 is 22.6 Å². The van der Waals surface area contributed by atoms with Gasteiger partial charge in [-0.25, -0.2) is 9.97 Å². The fourth-order valence-electron chi connectivity index (χ4n) is 1.74. The quantitative estimate of drug-likeness (QED) is 0.837. The van der Waals surface area contributed by atoms with Crippen molar-refractivity contribution in [3.63, 3.8) is 0 Å². The van der Waals surface area contributed by atoms with Crippen LogP contribution in [0.5, 0.6) is 0 Å². The summed E-state index contributed by atoms with van der Waals surface area (Å²) in [6, 6.07) is 5.78. The maximum atomic E-state index is 4.66. The van der Waals surface area contributed by atoms with E-state index >= 15 is 0 Å². The Balaban J connectivity index is 2.56. The fourth-order valence-corrected chi connectivity index (χ4v) is 2.80. The number of anilines is 1. The van der Waals surface area contributed by atoms with Gasteiger partial charge in [0.05, 0.1) is 9.26 Å². The minimum atomic E-state index is 0.356. The molecule has 2 heterocycles. The largest absolute Gasteiger partial charge is 0.369 e. The van der Waals surface area contributed by atoms with Crippen LogP contribution in [0, 0.1) is 3.57 Å². The van der Waals surface area contributed by atoms with Gasteiger partial charge in [-0.15, -0.1) is 0 Å². The summed E-state index contributed by atoms with van der Waals surface area (Å²) in [6.07, 6.45) is 1.76. The van der Waals surface area contributed by atoms with E-state index in [1.807, 2.05) is 18.2 Å². The second-order valence-electron chi connectivity index (χ2n) is 4.50. The highest BCUT2D eigenvalue weighted by atomic mass is 127. The van der Waals surface area contributed by atoms with Gasteiger partial charge in [0.2, 0.25) is 0 Å². The monoisotopic (exact) mass is 368 g/mol. The Morgan fingerprint density at radius 1 is 1.26 bits per heavy atom. The van der Waals surface area contributed by atoms with Crippen molar-refractivity contribution in [2.75, 3.05) is 11.9 Å². The average molecular weight is 368 g/mol. The minimum Gasteiger partial charge on any atom is -0.369 e. The van der Waals surface area contributed by atoms with Crippen molar-refractivity contribution in [2.45, 2.75) is 26.7 Å². The average Bonchev–Trinajstić information content (AvgIpc) is 2.42. The van der Waals surface area contributed by atoms with Gasteiger partial charge in [-0.05, 0) is 47.6 Å². The molecule has 2 aromatic rings. The molecule has 0 aliphatic rings. The number of hydrogen-bond donors (Lipinski definition) is 1. The molecule has 0 fully saturated rings. The smallest absolute Gasteiger partial charge is 0.180 e. The molecule has 0 aliphatic heterocycles. The zero-order chi connectivity index (χ0) is 13.8. The topological polar surface area (TPSA) is 50.7 Å². The Bertz CT molecular complexity index is 555. The van der Waals surface area contributed by atoms with Crippen LogP contribution in [0.25, 0.3) is 11.5 Å². The Labute approximate surface area is 127 Å². The van der Waals surface area contributed by atoms with Crippen molar-refractivity contribution >= 4 is 28.4 Å². The van der Waals surface area contributed by atoms with Crippen LogP contribution in [0.15, 0.2) is 24.4 Å². The van der Waals surface area contributed by atoms with E-state index in [2.05, 4.69) is 63.6 Å². The molecule has 1 N–H and O–H groups in total. The summed E-state index contributed by atoms with van der Waals surface area (Å²) in [5.41, 5.74) is 1.87. The van der Waals surface area contributed by atoms with Crippen LogP contribution in [-0.4, -0.2) is 21.5 Å². The van der Waals surface area contributed by atoms with Crippen molar-refractivity contribution in [2.24, 2.45) is 0 Å². The van der Waals surface area contributed by atoms with Crippen LogP contribution in [-0.2, 0) is 0 Å². The first-order valence-corrected chi connectivity index (χ1v) is 7.44. The number of nitrogens with one attached hydrogen (secondary N) is 1. The summed E-state index contributed by atoms with van der Waals surface area (Å²) in [5.74, 6) is 1.93. The molecule has 0 radical (unpaired) electrons. The molecular formula is C14H17IN4. The molecule has 100 valence electrons. The summed E-state index contributed by atoms with van der Waals surface area (Å²) in [6.45, 7) is 7.19. The van der Waals surface area contributed by atoms with Crippen LogP contribution in [0.1, 0.15) is 32.4 Å². The molecule has 0 unspecified atom stereocenters. The molecule has 0 aliphatic carbocycles. The van der Waals surface area contributed by atoms with Crippen LogP contribution in [0.3, 0.4) is 0 Å². The highest BCUT2D eigenvalue weighted by Gasteiger charge is 2.15. The van der Waals surface area contributed by atoms with Crippen molar-refractivity contribution in [1.82, 2.24) is 15.0 Å². The molecule has 5 heteroatoms. The van der Waals surface area contributed by atoms with E-state index < -0.39 is 0 Å². The summed E-state index contributed by atoms with van der Waals surface area (Å²) in [7, 11) is 0. The lowest BCUT2D eigenvalue weighted by Gasteiger charge is -2.14. The standard InChI is InChI=1S/C14H17IN4/c1-4-16-14-11(15)12(9(2)3)18-13(19-14)10-7-5-6-8-17-10/h5-9H,4H2,1-3H3,(H,16,18,19). The second-order valence-corrected chi connectivity index (χ2v) is 5.57. The number of nitrogens with zero attached hydrogens (tertiary/aromatic N) is 3. The molecule has 0 aromatic carbocycles. The van der Waals surface area contributed by atoms with E-state index in [4.69, 9.17) is 0 Å². The number of aromatic nitrogens is 3. The van der Waals surface area contributed by atoms with Gasteiger partial charge in [-0.2, -0.15) is 0 Å². The molecule has 0 spiro atoms. The number of halogens is 1. The molecule has 0 saturated heterocycles. The van der Waals surface area contributed by atoms with Gasteiger partial charge in [0.1, 0.15) is 11.5 Å². The first kappa shape index (κ1) is 14.2. The van der Waals surface area contributed by atoms with Gasteiger partial charge >= 0.3 is 0 Å². The van der Waals surface area contributed by atoms with E-state index in [0.717, 1.165) is 27.3 Å². The first-order valence-electron chi connectivity index (χ1n) is 6.36. The lowest BCUT2D eigenvalue weighted by molar-refractivity contribution is 0.807. The minimum absolute atomic E-state index is 0.356. The molecule has 0 atom stereocenters. The van der Waals surface area contributed by atoms with Gasteiger partial charge in [-0.3, -0.25) is 4.98 Å². The maximum absolute atomic E-state index is 4.66. The molecule has 19 heavy (non-hydrogen) atoms. The molecule has 2 rings (SSSR count). The first-order chi connectivity index (χ1) is 9.13. The summed E-state index contributed by atoms with van der Waals surface area (Å²) in [5, 5.41) is 3.29. The van der Waals surface area contributed by atoms with Gasteiger partial charge in [-0.1, -0.05) is 19.9 Å². The SMILES string of the molecule is CCNc1nc(-c2ccccn2)nc(C(C)C)c1I. The van der Waals surface area contributed by atoms with Crippen LogP contribution < -0.4 is 5.32 Å². The lowest BCUT2D eigenvalue weighted by Crippen LogP contribution is -2.09. The third-order valence-corrected chi connectivity index (χ3v) is 3.73. The van der Waals surface area contributed by atoms with E-state index in [-0.39, 0.29) is 0 Å². The lowest BCUT2D eigenvalue weighted by atomic mass is 10.1. The predicted molar refractivity (Wildman–Crippen MR) is 86.2 cm³/mol. The Kier molecular flexibility index (Phi) is 4.68. The second kappa shape index (κ2) is 6.27. The van der Waals surface area contributed by atoms with E-state index in [0.29, 0.717) is 11.7 Å². The molecule has 2 aromatic heterocycles. The zero-order valence-corrected chi connectivity index (χ0v) is 13.5. The molecule has 0 saturated carbocycles. The number of rotatable bonds is 4. The molecule has 4 nitrogen and oxygen atoms in total. The Morgan fingerprint density at radius 2 is 2.05 bits per heavy atom. The third kappa shape index (κ3) is 3.20. The molecular weight excluding hydrogens is 351 g/mol. The third-order valence-electron chi connectivity index (χ3n) is 2.66. The Hall–Kier alpha value is -1.24. The van der Waals surface area contributed by atoms with Gasteiger partial charge in [0.15, 0.2) is 5.82 Å². The highest BCUT2D eigenvalue weighted by molar-refractivity contribution is 14.1. The highest BCUT2D eigenvalue weighted by Crippen LogP contribution is 2.27. The van der Waals surface area contributed by atoms with Crippen LogP contribution in [0.4, 0.5) is 5.82 Å². The zero-order valence-electron chi connectivity index (χ0n) is 11.3. The number of hydrogen-bond acceptors (Lipinski definition) is 4. The maximum Gasteiger partial charge on any atom is 0.180 e. The van der Waals surface area contributed by atoms with E-state index in [1.54, 1.807) is 6.20 Å². The molecule has 0 bridgehead atoms. The van der Waals surface area contributed by atoms with Crippen molar-refractivity contribution in [3.05, 3.63) is 33.7 Å². The normalized spacial score (nSPS) is 10.8. The summed E-state index contributed by atoms with van der Waals surface area (Å²) >= 11 is 2.31. The number of pyridine rings is 1. The van der Waals surface area contributed by atoms with E-state index in [9.17, 15) is 0 Å². The van der Waals surface area contributed by atoms with Crippen molar-refractivity contribution in [3.8, 4) is 11.5 Å². The predicted octanol–water partition coefficient (Wildman–Crippen LogP) is 3.70. The van der Waals surface area contributed by atoms with Crippen LogP contribution in [0.2, 0.25) is 0 Å². The summed E-state index contributed by atoms with van der Waals surface area (Å²) in [4.78, 5) is 13.6. The Morgan fingerprint density at radius 3 is 2.63 bits per heavy atom. The van der Waals surface area contributed by atoms with Gasteiger partial charge in [0.25, 0.3) is 0 Å².